The molecular weight excluding hydrogens is 396 g/mol. The molecule has 0 saturated heterocycles. The first-order chi connectivity index (χ1) is 16.3. The van der Waals surface area contributed by atoms with Crippen LogP contribution >= 0.6 is 0 Å². The summed E-state index contributed by atoms with van der Waals surface area (Å²) in [4.78, 5) is 0. The first-order valence-corrected chi connectivity index (χ1v) is 12.2. The van der Waals surface area contributed by atoms with E-state index in [1.54, 1.807) is 5.57 Å². The topological polar surface area (TPSA) is 0 Å². The molecule has 1 fully saturated rings. The van der Waals surface area contributed by atoms with Crippen LogP contribution in [0.15, 0.2) is 103 Å². The smallest absolute Gasteiger partial charge is 0.00513 e. The van der Waals surface area contributed by atoms with Crippen molar-refractivity contribution in [3.63, 3.8) is 0 Å². The normalized spacial score (nSPS) is 15.1. The van der Waals surface area contributed by atoms with E-state index in [9.17, 15) is 0 Å². The van der Waals surface area contributed by atoms with Gasteiger partial charge in [-0.1, -0.05) is 109 Å². The zero-order valence-electron chi connectivity index (χ0n) is 18.7. The minimum atomic E-state index is 0.910. The summed E-state index contributed by atoms with van der Waals surface area (Å²) in [5.74, 6) is 0.910. The van der Waals surface area contributed by atoms with Crippen molar-refractivity contribution in [1.82, 2.24) is 0 Å². The number of fused-ring (bicyclic) bond motifs is 3. The second-order valence-corrected chi connectivity index (χ2v) is 9.73. The van der Waals surface area contributed by atoms with Gasteiger partial charge in [-0.3, -0.25) is 0 Å². The highest BCUT2D eigenvalue weighted by Crippen LogP contribution is 2.46. The number of benzene rings is 5. The Morgan fingerprint density at radius 3 is 1.79 bits per heavy atom. The van der Waals surface area contributed by atoms with Gasteiger partial charge in [-0.25, -0.2) is 0 Å². The lowest BCUT2D eigenvalue weighted by Crippen LogP contribution is -1.95. The Morgan fingerprint density at radius 1 is 0.545 bits per heavy atom. The Morgan fingerprint density at radius 2 is 1.12 bits per heavy atom. The molecule has 0 heterocycles. The lowest BCUT2D eigenvalue weighted by Gasteiger charge is -2.16. The highest BCUT2D eigenvalue weighted by Gasteiger charge is 2.27. The molecule has 0 amide bonds. The van der Waals surface area contributed by atoms with E-state index < -0.39 is 0 Å². The lowest BCUT2D eigenvalue weighted by atomic mass is 9.87. The van der Waals surface area contributed by atoms with Gasteiger partial charge in [0.15, 0.2) is 0 Å². The standard InChI is InChI=1S/C33H26/c1-3-11-26-24(7-1)9-5-13-28(26)30-17-18-31(29-14-6-10-25-8-2-4-12-27(25)29)33-21-23(20-32(30)33)19-22-15-16-22/h1-14,17-18,20,22H,15-16,19,21H2. The van der Waals surface area contributed by atoms with Crippen LogP contribution in [0.4, 0.5) is 0 Å². The van der Waals surface area contributed by atoms with Crippen LogP contribution in [-0.2, 0) is 6.42 Å². The zero-order chi connectivity index (χ0) is 21.8. The molecule has 1 saturated carbocycles. The van der Waals surface area contributed by atoms with Gasteiger partial charge in [-0.15, -0.1) is 0 Å². The van der Waals surface area contributed by atoms with E-state index in [2.05, 4.69) is 103 Å². The molecule has 0 unspecified atom stereocenters. The van der Waals surface area contributed by atoms with Crippen molar-refractivity contribution in [3.05, 3.63) is 114 Å². The van der Waals surface area contributed by atoms with Crippen LogP contribution in [0.2, 0.25) is 0 Å². The largest absolute Gasteiger partial charge is 0.0649 e. The second-order valence-electron chi connectivity index (χ2n) is 9.73. The van der Waals surface area contributed by atoms with Crippen molar-refractivity contribution in [2.75, 3.05) is 0 Å². The van der Waals surface area contributed by atoms with Crippen LogP contribution < -0.4 is 0 Å². The van der Waals surface area contributed by atoms with E-state index in [1.807, 2.05) is 0 Å². The third kappa shape index (κ3) is 3.21. The van der Waals surface area contributed by atoms with E-state index >= 15 is 0 Å². The highest BCUT2D eigenvalue weighted by molar-refractivity contribution is 6.02. The summed E-state index contributed by atoms with van der Waals surface area (Å²) < 4.78 is 0. The summed E-state index contributed by atoms with van der Waals surface area (Å²) in [5, 5.41) is 5.30. The van der Waals surface area contributed by atoms with Crippen LogP contribution in [0.5, 0.6) is 0 Å². The Bertz CT molecular complexity index is 1550. The van der Waals surface area contributed by atoms with E-state index in [0.29, 0.717) is 0 Å². The molecule has 7 rings (SSSR count). The monoisotopic (exact) mass is 422 g/mol. The Kier molecular flexibility index (Phi) is 4.27. The van der Waals surface area contributed by atoms with Gasteiger partial charge in [0.05, 0.1) is 0 Å². The van der Waals surface area contributed by atoms with Gasteiger partial charge in [0.2, 0.25) is 0 Å². The molecule has 0 aromatic heterocycles. The molecule has 33 heavy (non-hydrogen) atoms. The minimum absolute atomic E-state index is 0.910. The molecular formula is C33H26. The Balaban J connectivity index is 1.47. The van der Waals surface area contributed by atoms with Crippen molar-refractivity contribution >= 4 is 27.6 Å². The molecule has 2 aliphatic rings. The predicted octanol–water partition coefficient (Wildman–Crippen LogP) is 9.07. The van der Waals surface area contributed by atoms with Crippen molar-refractivity contribution in [1.29, 1.82) is 0 Å². The summed E-state index contributed by atoms with van der Waals surface area (Å²) in [6.07, 6.45) is 7.68. The van der Waals surface area contributed by atoms with Gasteiger partial charge in [-0.05, 0) is 86.5 Å². The summed E-state index contributed by atoms with van der Waals surface area (Å²) in [6.45, 7) is 0. The number of allylic oxidation sites excluding steroid dienone is 1. The summed E-state index contributed by atoms with van der Waals surface area (Å²) in [5.41, 5.74) is 10.0. The van der Waals surface area contributed by atoms with Gasteiger partial charge in [0.1, 0.15) is 0 Å². The molecule has 5 aromatic rings. The molecule has 0 bridgehead atoms. The fraction of sp³-hybridized carbons (Fsp3) is 0.152. The third-order valence-corrected chi connectivity index (χ3v) is 7.52. The second kappa shape index (κ2) is 7.46. The SMILES string of the molecule is C1=C(CC2CC2)Cc2c(-c3cccc4ccccc34)ccc(-c3cccc4ccccc34)c21. The van der Waals surface area contributed by atoms with Crippen LogP contribution in [0.1, 0.15) is 30.4 Å². The van der Waals surface area contributed by atoms with Crippen LogP contribution in [0.3, 0.4) is 0 Å². The fourth-order valence-electron chi connectivity index (χ4n) is 5.73. The van der Waals surface area contributed by atoms with Crippen molar-refractivity contribution < 1.29 is 0 Å². The molecule has 0 N–H and O–H groups in total. The first-order valence-electron chi connectivity index (χ1n) is 12.2. The molecule has 0 radical (unpaired) electrons. The van der Waals surface area contributed by atoms with E-state index in [1.165, 1.54) is 74.2 Å². The van der Waals surface area contributed by atoms with E-state index in [-0.39, 0.29) is 0 Å². The number of hydrogen-bond acceptors (Lipinski definition) is 0. The maximum atomic E-state index is 2.53. The average molecular weight is 423 g/mol. The van der Waals surface area contributed by atoms with E-state index in [0.717, 1.165) is 12.3 Å². The van der Waals surface area contributed by atoms with Crippen LogP contribution in [0.25, 0.3) is 49.9 Å². The molecule has 5 aromatic carbocycles. The summed E-state index contributed by atoms with van der Waals surface area (Å²) in [7, 11) is 0. The van der Waals surface area contributed by atoms with Crippen molar-refractivity contribution in [2.24, 2.45) is 5.92 Å². The van der Waals surface area contributed by atoms with Crippen molar-refractivity contribution in [3.8, 4) is 22.3 Å². The van der Waals surface area contributed by atoms with Crippen LogP contribution in [-0.4, -0.2) is 0 Å². The van der Waals surface area contributed by atoms with Gasteiger partial charge in [-0.2, -0.15) is 0 Å². The maximum absolute atomic E-state index is 2.53. The summed E-state index contributed by atoms with van der Waals surface area (Å²) >= 11 is 0. The molecule has 0 heteroatoms. The van der Waals surface area contributed by atoms with Crippen molar-refractivity contribution in [2.45, 2.75) is 25.7 Å². The fourth-order valence-corrected chi connectivity index (χ4v) is 5.73. The first kappa shape index (κ1) is 18.9. The molecule has 0 aliphatic heterocycles. The van der Waals surface area contributed by atoms with Gasteiger partial charge >= 0.3 is 0 Å². The Labute approximate surface area is 195 Å². The van der Waals surface area contributed by atoms with E-state index in [4.69, 9.17) is 0 Å². The summed E-state index contributed by atoms with van der Waals surface area (Å²) in [6, 6.07) is 35.7. The molecule has 0 nitrogen and oxygen atoms in total. The minimum Gasteiger partial charge on any atom is -0.0649 e. The van der Waals surface area contributed by atoms with Crippen LogP contribution in [0, 0.1) is 5.92 Å². The molecule has 2 aliphatic carbocycles. The predicted molar refractivity (Wildman–Crippen MR) is 141 cm³/mol. The highest BCUT2D eigenvalue weighted by atomic mass is 14.3. The maximum Gasteiger partial charge on any atom is -0.00513 e. The van der Waals surface area contributed by atoms with Gasteiger partial charge in [0, 0.05) is 0 Å². The number of rotatable bonds is 4. The Hall–Kier alpha value is -3.64. The third-order valence-electron chi connectivity index (χ3n) is 7.52. The quantitative estimate of drug-likeness (QED) is 0.271. The molecule has 0 atom stereocenters. The van der Waals surface area contributed by atoms with Gasteiger partial charge in [0.25, 0.3) is 0 Å². The molecule has 0 spiro atoms. The zero-order valence-corrected chi connectivity index (χ0v) is 18.7. The molecule has 158 valence electrons. The van der Waals surface area contributed by atoms with Gasteiger partial charge < -0.3 is 0 Å². The number of hydrogen-bond donors (Lipinski definition) is 0. The lowest BCUT2D eigenvalue weighted by molar-refractivity contribution is 0.808. The average Bonchev–Trinajstić information content (AvgIpc) is 3.58.